The lowest BCUT2D eigenvalue weighted by Gasteiger charge is -1.95. The van der Waals surface area contributed by atoms with Gasteiger partial charge in [0.25, 0.3) is 0 Å². The maximum absolute atomic E-state index is 3.70. The molecule has 0 aliphatic carbocycles. The molecule has 0 aromatic heterocycles. The third kappa shape index (κ3) is 9.01. The Hall–Kier alpha value is -1.30. The first-order valence-electron chi connectivity index (χ1n) is 5.35. The molecule has 82 valence electrons. The fourth-order valence-electron chi connectivity index (χ4n) is 0.938. The zero-order valence-corrected chi connectivity index (χ0v) is 10.3. The molecule has 0 radical (unpaired) electrons. The molecule has 0 aromatic rings. The van der Waals surface area contributed by atoms with Gasteiger partial charge in [-0.25, -0.2) is 0 Å². The molecule has 0 aliphatic rings. The van der Waals surface area contributed by atoms with Crippen molar-refractivity contribution in [2.75, 3.05) is 0 Å². The van der Waals surface area contributed by atoms with Crippen molar-refractivity contribution in [3.63, 3.8) is 0 Å². The Bertz CT molecular complexity index is 294. The predicted octanol–water partition coefficient (Wildman–Crippen LogP) is 4.83. The van der Waals surface area contributed by atoms with E-state index in [1.54, 1.807) is 0 Å². The van der Waals surface area contributed by atoms with Crippen molar-refractivity contribution in [1.29, 1.82) is 0 Å². The van der Waals surface area contributed by atoms with E-state index in [-0.39, 0.29) is 0 Å². The van der Waals surface area contributed by atoms with Crippen molar-refractivity contribution in [2.24, 2.45) is 5.92 Å². The van der Waals surface area contributed by atoms with Crippen LogP contribution >= 0.6 is 0 Å². The first-order valence-corrected chi connectivity index (χ1v) is 5.35. The maximum Gasteiger partial charge on any atom is -0.00756 e. The van der Waals surface area contributed by atoms with Crippen molar-refractivity contribution in [3.8, 4) is 0 Å². The van der Waals surface area contributed by atoms with Crippen LogP contribution < -0.4 is 0 Å². The first kappa shape index (κ1) is 13.7. The minimum atomic E-state index is 0.467. The molecular formula is C15H22. The summed E-state index contributed by atoms with van der Waals surface area (Å²) in [5, 5.41) is 0. The van der Waals surface area contributed by atoms with Crippen LogP contribution in [0.2, 0.25) is 0 Å². The summed E-state index contributed by atoms with van der Waals surface area (Å²) in [6.07, 6.45) is 14.6. The Morgan fingerprint density at radius 2 is 1.53 bits per heavy atom. The van der Waals surface area contributed by atoms with Crippen molar-refractivity contribution < 1.29 is 0 Å². The SMILES string of the molecule is C=C/C(C)=C/C=C/[C@@H](C)/C=C/C=C(C)C. The molecule has 0 aromatic carbocycles. The van der Waals surface area contributed by atoms with Crippen molar-refractivity contribution >= 4 is 0 Å². The molecule has 0 unspecified atom stereocenters. The molecule has 0 nitrogen and oxygen atoms in total. The van der Waals surface area contributed by atoms with Crippen molar-refractivity contribution in [2.45, 2.75) is 27.7 Å². The van der Waals surface area contributed by atoms with Gasteiger partial charge in [-0.3, -0.25) is 0 Å². The molecule has 0 aliphatic heterocycles. The van der Waals surface area contributed by atoms with Crippen LogP contribution in [0.15, 0.2) is 60.3 Å². The highest BCUT2D eigenvalue weighted by molar-refractivity contribution is 5.21. The molecule has 0 amide bonds. The third-order valence-corrected chi connectivity index (χ3v) is 1.94. The van der Waals surface area contributed by atoms with Crippen LogP contribution in [0, 0.1) is 5.92 Å². The van der Waals surface area contributed by atoms with Crippen molar-refractivity contribution in [3.05, 3.63) is 60.3 Å². The summed E-state index contributed by atoms with van der Waals surface area (Å²) in [6.45, 7) is 12.1. The molecule has 0 N–H and O–H groups in total. The highest BCUT2D eigenvalue weighted by atomic mass is 13.9. The summed E-state index contributed by atoms with van der Waals surface area (Å²) in [4.78, 5) is 0. The fraction of sp³-hybridized carbons (Fsp3) is 0.333. The topological polar surface area (TPSA) is 0 Å². The van der Waals surface area contributed by atoms with Crippen LogP contribution in [-0.4, -0.2) is 0 Å². The standard InChI is InChI=1S/C15H22/c1-6-14(4)10-8-12-15(5)11-7-9-13(2)3/h6-12,15H,1H2,2-5H3/b11-7+,12-8+,14-10+/t15-/m0/s1. The predicted molar refractivity (Wildman–Crippen MR) is 70.8 cm³/mol. The highest BCUT2D eigenvalue weighted by Gasteiger charge is 1.86. The minimum Gasteiger partial charge on any atom is -0.0988 e. The molecule has 15 heavy (non-hydrogen) atoms. The lowest BCUT2D eigenvalue weighted by atomic mass is 10.1. The van der Waals surface area contributed by atoms with E-state index in [4.69, 9.17) is 0 Å². The van der Waals surface area contributed by atoms with Crippen LogP contribution in [0.5, 0.6) is 0 Å². The fourth-order valence-corrected chi connectivity index (χ4v) is 0.938. The normalized spacial score (nSPS) is 14.5. The van der Waals surface area contributed by atoms with E-state index < -0.39 is 0 Å². The molecule has 1 atom stereocenters. The number of rotatable bonds is 5. The highest BCUT2D eigenvalue weighted by Crippen LogP contribution is 2.02. The largest absolute Gasteiger partial charge is 0.0988 e. The third-order valence-electron chi connectivity index (χ3n) is 1.94. The van der Waals surface area contributed by atoms with Gasteiger partial charge < -0.3 is 0 Å². The Balaban J connectivity index is 4.14. The second-order valence-electron chi connectivity index (χ2n) is 3.99. The molecule has 0 heterocycles. The lowest BCUT2D eigenvalue weighted by Crippen LogP contribution is -1.80. The van der Waals surface area contributed by atoms with E-state index in [9.17, 15) is 0 Å². The van der Waals surface area contributed by atoms with Crippen LogP contribution in [0.1, 0.15) is 27.7 Å². The summed E-state index contributed by atoms with van der Waals surface area (Å²) in [6, 6.07) is 0. The molecule has 0 saturated carbocycles. The monoisotopic (exact) mass is 202 g/mol. The summed E-state index contributed by atoms with van der Waals surface area (Å²) >= 11 is 0. The lowest BCUT2D eigenvalue weighted by molar-refractivity contribution is 0.940. The first-order chi connectivity index (χ1) is 7.06. The number of hydrogen-bond donors (Lipinski definition) is 0. The van der Waals surface area contributed by atoms with Crippen LogP contribution in [0.25, 0.3) is 0 Å². The van der Waals surface area contributed by atoms with Crippen molar-refractivity contribution in [1.82, 2.24) is 0 Å². The van der Waals surface area contributed by atoms with E-state index in [0.717, 1.165) is 0 Å². The summed E-state index contributed by atoms with van der Waals surface area (Å²) < 4.78 is 0. The Morgan fingerprint density at radius 3 is 2.00 bits per heavy atom. The molecule has 0 fully saturated rings. The van der Waals surface area contributed by atoms with Gasteiger partial charge in [-0.2, -0.15) is 0 Å². The number of allylic oxidation sites excluding steroid dienone is 9. The zero-order valence-electron chi connectivity index (χ0n) is 10.3. The van der Waals surface area contributed by atoms with E-state index in [0.29, 0.717) is 5.92 Å². The van der Waals surface area contributed by atoms with Crippen LogP contribution in [0.3, 0.4) is 0 Å². The molecular weight excluding hydrogens is 180 g/mol. The average molecular weight is 202 g/mol. The zero-order chi connectivity index (χ0) is 11.7. The second-order valence-corrected chi connectivity index (χ2v) is 3.99. The summed E-state index contributed by atoms with van der Waals surface area (Å²) in [7, 11) is 0. The molecule has 0 saturated heterocycles. The average Bonchev–Trinajstić information content (AvgIpc) is 2.17. The molecule has 0 rings (SSSR count). The van der Waals surface area contributed by atoms with Crippen LogP contribution in [0.4, 0.5) is 0 Å². The summed E-state index contributed by atoms with van der Waals surface area (Å²) in [5.41, 5.74) is 2.51. The minimum absolute atomic E-state index is 0.467. The molecule has 0 bridgehead atoms. The van der Waals surface area contributed by atoms with Gasteiger partial charge in [-0.05, 0) is 26.7 Å². The molecule has 0 heteroatoms. The van der Waals surface area contributed by atoms with Gasteiger partial charge in [-0.15, -0.1) is 0 Å². The van der Waals surface area contributed by atoms with Gasteiger partial charge in [0.2, 0.25) is 0 Å². The maximum atomic E-state index is 3.70. The van der Waals surface area contributed by atoms with Gasteiger partial charge in [0.15, 0.2) is 0 Å². The number of hydrogen-bond acceptors (Lipinski definition) is 0. The quantitative estimate of drug-likeness (QED) is 0.560. The van der Waals surface area contributed by atoms with Gasteiger partial charge >= 0.3 is 0 Å². The van der Waals surface area contributed by atoms with E-state index in [1.165, 1.54) is 11.1 Å². The Labute approximate surface area is 94.4 Å². The van der Waals surface area contributed by atoms with Gasteiger partial charge in [-0.1, -0.05) is 67.2 Å². The van der Waals surface area contributed by atoms with E-state index in [2.05, 4.69) is 63.8 Å². The van der Waals surface area contributed by atoms with Gasteiger partial charge in [0.1, 0.15) is 0 Å². The molecule has 0 spiro atoms. The smallest absolute Gasteiger partial charge is 0.00756 e. The van der Waals surface area contributed by atoms with Gasteiger partial charge in [0, 0.05) is 0 Å². The summed E-state index contributed by atoms with van der Waals surface area (Å²) in [5.74, 6) is 0.467. The Kier molecular flexibility index (Phi) is 7.35. The Morgan fingerprint density at radius 1 is 1.00 bits per heavy atom. The van der Waals surface area contributed by atoms with Gasteiger partial charge in [0.05, 0.1) is 0 Å². The van der Waals surface area contributed by atoms with E-state index in [1.807, 2.05) is 13.0 Å². The van der Waals surface area contributed by atoms with Crippen LogP contribution in [-0.2, 0) is 0 Å². The van der Waals surface area contributed by atoms with E-state index >= 15 is 0 Å². The second kappa shape index (κ2) is 8.05.